The molecule has 1 aromatic heterocycles. The minimum atomic E-state index is -0.207. The number of benzene rings is 2. The lowest BCUT2D eigenvalue weighted by Gasteiger charge is -2.02. The molecule has 0 bridgehead atoms. The van der Waals surface area contributed by atoms with E-state index in [4.69, 9.17) is 11.6 Å². The van der Waals surface area contributed by atoms with Gasteiger partial charge < -0.3 is 5.32 Å². The lowest BCUT2D eigenvalue weighted by molar-refractivity contribution is -0.111. The Hall–Kier alpha value is -2.59. The molecule has 0 saturated carbocycles. The van der Waals surface area contributed by atoms with Gasteiger partial charge in [0.25, 0.3) is 0 Å². The van der Waals surface area contributed by atoms with Gasteiger partial charge in [-0.15, -0.1) is 0 Å². The first-order valence-corrected chi connectivity index (χ1v) is 6.76. The molecule has 4 nitrogen and oxygen atoms in total. The van der Waals surface area contributed by atoms with Gasteiger partial charge in [0.2, 0.25) is 5.91 Å². The van der Waals surface area contributed by atoms with Gasteiger partial charge in [-0.2, -0.15) is 5.10 Å². The fourth-order valence-electron chi connectivity index (χ4n) is 1.98. The third-order valence-electron chi connectivity index (χ3n) is 2.99. The zero-order valence-corrected chi connectivity index (χ0v) is 11.8. The fraction of sp³-hybridized carbons (Fsp3) is 0. The number of nitrogens with zero attached hydrogens (tertiary/aromatic N) is 1. The van der Waals surface area contributed by atoms with Crippen LogP contribution in [0.2, 0.25) is 5.02 Å². The van der Waals surface area contributed by atoms with Gasteiger partial charge in [-0.3, -0.25) is 9.89 Å². The maximum absolute atomic E-state index is 11.8. The normalized spacial score (nSPS) is 11.1. The summed E-state index contributed by atoms with van der Waals surface area (Å²) >= 11 is 5.87. The highest BCUT2D eigenvalue weighted by Gasteiger charge is 1.99. The maximum Gasteiger partial charge on any atom is 0.248 e. The molecule has 0 aliphatic heterocycles. The molecule has 2 aromatic carbocycles. The predicted molar refractivity (Wildman–Crippen MR) is 85.2 cm³/mol. The van der Waals surface area contributed by atoms with Crippen molar-refractivity contribution in [3.63, 3.8) is 0 Å². The molecule has 5 heteroatoms. The van der Waals surface area contributed by atoms with E-state index >= 15 is 0 Å². The van der Waals surface area contributed by atoms with Crippen molar-refractivity contribution in [2.75, 3.05) is 5.32 Å². The quantitative estimate of drug-likeness (QED) is 0.721. The van der Waals surface area contributed by atoms with Crippen molar-refractivity contribution in [2.24, 2.45) is 0 Å². The number of halogens is 1. The Kier molecular flexibility index (Phi) is 3.71. The molecule has 1 heterocycles. The summed E-state index contributed by atoms with van der Waals surface area (Å²) in [7, 11) is 0. The molecule has 0 unspecified atom stereocenters. The summed E-state index contributed by atoms with van der Waals surface area (Å²) in [6.07, 6.45) is 4.99. The number of nitrogens with one attached hydrogen (secondary N) is 2. The third kappa shape index (κ3) is 3.30. The molecular weight excluding hydrogens is 286 g/mol. The Morgan fingerprint density at radius 1 is 1.24 bits per heavy atom. The summed E-state index contributed by atoms with van der Waals surface area (Å²) in [5, 5.41) is 11.2. The molecule has 0 saturated heterocycles. The second-order valence-electron chi connectivity index (χ2n) is 4.55. The molecule has 104 valence electrons. The first-order chi connectivity index (χ1) is 10.2. The van der Waals surface area contributed by atoms with Crippen LogP contribution >= 0.6 is 11.6 Å². The topological polar surface area (TPSA) is 57.8 Å². The van der Waals surface area contributed by atoms with E-state index in [1.807, 2.05) is 18.2 Å². The Morgan fingerprint density at radius 3 is 3.00 bits per heavy atom. The molecule has 0 atom stereocenters. The molecule has 2 N–H and O–H groups in total. The average Bonchev–Trinajstić information content (AvgIpc) is 2.92. The molecule has 0 radical (unpaired) electrons. The van der Waals surface area contributed by atoms with Crippen LogP contribution in [0.5, 0.6) is 0 Å². The largest absolute Gasteiger partial charge is 0.322 e. The van der Waals surface area contributed by atoms with Gasteiger partial charge in [0.05, 0.1) is 11.7 Å². The Labute approximate surface area is 126 Å². The number of hydrogen-bond acceptors (Lipinski definition) is 2. The number of amides is 1. The highest BCUT2D eigenvalue weighted by atomic mass is 35.5. The average molecular weight is 298 g/mol. The number of carbonyl (C=O) groups is 1. The first-order valence-electron chi connectivity index (χ1n) is 6.38. The highest BCUT2D eigenvalue weighted by molar-refractivity contribution is 6.30. The molecule has 21 heavy (non-hydrogen) atoms. The van der Waals surface area contributed by atoms with Gasteiger partial charge in [0.1, 0.15) is 0 Å². The molecule has 3 rings (SSSR count). The second kappa shape index (κ2) is 5.81. The zero-order valence-electron chi connectivity index (χ0n) is 11.0. The molecule has 0 fully saturated rings. The van der Waals surface area contributed by atoms with Gasteiger partial charge in [-0.25, -0.2) is 0 Å². The SMILES string of the molecule is O=C(C=Cc1ccc2cn[nH]c2c1)Nc1cccc(Cl)c1. The van der Waals surface area contributed by atoms with Gasteiger partial charge in [-0.1, -0.05) is 29.8 Å². The number of hydrogen-bond donors (Lipinski definition) is 2. The Bertz CT molecular complexity index is 823. The smallest absolute Gasteiger partial charge is 0.248 e. The number of carbonyl (C=O) groups excluding carboxylic acids is 1. The monoisotopic (exact) mass is 297 g/mol. The lowest BCUT2D eigenvalue weighted by Crippen LogP contribution is -2.07. The summed E-state index contributed by atoms with van der Waals surface area (Å²) in [5.74, 6) is -0.207. The van der Waals surface area contributed by atoms with Crippen LogP contribution < -0.4 is 5.32 Å². The fourth-order valence-corrected chi connectivity index (χ4v) is 2.17. The van der Waals surface area contributed by atoms with E-state index in [1.165, 1.54) is 6.08 Å². The Balaban J connectivity index is 1.71. The van der Waals surface area contributed by atoms with Crippen LogP contribution in [0.3, 0.4) is 0 Å². The maximum atomic E-state index is 11.8. The van der Waals surface area contributed by atoms with E-state index in [1.54, 1.807) is 36.5 Å². The highest BCUT2D eigenvalue weighted by Crippen LogP contribution is 2.16. The van der Waals surface area contributed by atoms with Crippen LogP contribution in [0.15, 0.2) is 54.7 Å². The predicted octanol–water partition coefficient (Wildman–Crippen LogP) is 3.87. The number of aromatic amines is 1. The molecule has 0 aliphatic rings. The zero-order chi connectivity index (χ0) is 14.7. The minimum absolute atomic E-state index is 0.207. The summed E-state index contributed by atoms with van der Waals surface area (Å²) < 4.78 is 0. The molecule has 0 spiro atoms. The van der Waals surface area contributed by atoms with Crippen molar-refractivity contribution in [3.8, 4) is 0 Å². The van der Waals surface area contributed by atoms with E-state index in [0.29, 0.717) is 10.7 Å². The van der Waals surface area contributed by atoms with Gasteiger partial charge >= 0.3 is 0 Å². The summed E-state index contributed by atoms with van der Waals surface area (Å²) in [4.78, 5) is 11.8. The van der Waals surface area contributed by atoms with E-state index in [2.05, 4.69) is 15.5 Å². The number of anilines is 1. The van der Waals surface area contributed by atoms with Crippen molar-refractivity contribution in [1.82, 2.24) is 10.2 Å². The van der Waals surface area contributed by atoms with Crippen molar-refractivity contribution in [1.29, 1.82) is 0 Å². The Morgan fingerprint density at radius 2 is 2.14 bits per heavy atom. The standard InChI is InChI=1S/C16H12ClN3O/c17-13-2-1-3-14(9-13)19-16(21)7-5-11-4-6-12-10-18-20-15(12)8-11/h1-10H,(H,18,20)(H,19,21). The van der Waals surface area contributed by atoms with Crippen molar-refractivity contribution in [2.45, 2.75) is 0 Å². The van der Waals surface area contributed by atoms with E-state index in [9.17, 15) is 4.79 Å². The summed E-state index contributed by atoms with van der Waals surface area (Å²) in [6, 6.07) is 12.8. The van der Waals surface area contributed by atoms with Crippen LogP contribution in [0, 0.1) is 0 Å². The van der Waals surface area contributed by atoms with E-state index in [-0.39, 0.29) is 5.91 Å². The molecular formula is C16H12ClN3O. The molecule has 0 aliphatic carbocycles. The van der Waals surface area contributed by atoms with E-state index < -0.39 is 0 Å². The first kappa shape index (κ1) is 13.4. The molecule has 1 amide bonds. The second-order valence-corrected chi connectivity index (χ2v) is 4.99. The number of rotatable bonds is 3. The van der Waals surface area contributed by atoms with Crippen molar-refractivity contribution < 1.29 is 4.79 Å². The van der Waals surface area contributed by atoms with Crippen LogP contribution in [0.25, 0.3) is 17.0 Å². The van der Waals surface area contributed by atoms with Gasteiger partial charge in [-0.05, 0) is 35.9 Å². The van der Waals surface area contributed by atoms with Crippen LogP contribution in [-0.2, 0) is 4.79 Å². The van der Waals surface area contributed by atoms with Crippen LogP contribution in [0.1, 0.15) is 5.56 Å². The number of fused-ring (bicyclic) bond motifs is 1. The van der Waals surface area contributed by atoms with Crippen molar-refractivity contribution >= 4 is 40.2 Å². The summed E-state index contributed by atoms with van der Waals surface area (Å²) in [6.45, 7) is 0. The van der Waals surface area contributed by atoms with E-state index in [0.717, 1.165) is 16.5 Å². The van der Waals surface area contributed by atoms with Crippen molar-refractivity contribution in [3.05, 3.63) is 65.3 Å². The summed E-state index contributed by atoms with van der Waals surface area (Å²) in [5.41, 5.74) is 2.53. The van der Waals surface area contributed by atoms with Gasteiger partial charge in [0, 0.05) is 22.2 Å². The van der Waals surface area contributed by atoms with Gasteiger partial charge in [0.15, 0.2) is 0 Å². The molecule has 3 aromatic rings. The number of H-pyrrole nitrogens is 1. The van der Waals surface area contributed by atoms with Crippen LogP contribution in [-0.4, -0.2) is 16.1 Å². The minimum Gasteiger partial charge on any atom is -0.322 e. The number of aromatic nitrogens is 2. The van der Waals surface area contributed by atoms with Crippen LogP contribution in [0.4, 0.5) is 5.69 Å². The lowest BCUT2D eigenvalue weighted by atomic mass is 10.1. The third-order valence-corrected chi connectivity index (χ3v) is 3.22.